The molecule has 2 N–H and O–H groups in total. The Bertz CT molecular complexity index is 664. The largest absolute Gasteiger partial charge is 0.508 e. The summed E-state index contributed by atoms with van der Waals surface area (Å²) in [5.74, 6) is 0.0735. The molecule has 100 valence electrons. The molecule has 1 aromatic heterocycles. The summed E-state index contributed by atoms with van der Waals surface area (Å²) in [5, 5.41) is 19.8. The lowest BCUT2D eigenvalue weighted by Gasteiger charge is -2.15. The van der Waals surface area contributed by atoms with Gasteiger partial charge in [-0.05, 0) is 24.1 Å². The number of likely N-dealkylation sites (tertiary alicyclic amines) is 1. The predicted octanol–water partition coefficient (Wildman–Crippen LogP) is 1.07. The highest BCUT2D eigenvalue weighted by atomic mass is 16.4. The number of aliphatic hydroxyl groups is 1. The van der Waals surface area contributed by atoms with Gasteiger partial charge < -0.3 is 14.6 Å². The Labute approximate surface area is 109 Å². The van der Waals surface area contributed by atoms with E-state index in [4.69, 9.17) is 4.42 Å². The first-order chi connectivity index (χ1) is 9.11. The molecule has 0 radical (unpaired) electrons. The third-order valence-electron chi connectivity index (χ3n) is 3.46. The van der Waals surface area contributed by atoms with Gasteiger partial charge in [-0.15, -0.1) is 0 Å². The lowest BCUT2D eigenvalue weighted by molar-refractivity contribution is 0.175. The number of hydrogen-bond acceptors (Lipinski definition) is 5. The zero-order valence-corrected chi connectivity index (χ0v) is 10.4. The molecule has 1 aliphatic rings. The van der Waals surface area contributed by atoms with Gasteiger partial charge in [-0.25, -0.2) is 4.79 Å². The van der Waals surface area contributed by atoms with Gasteiger partial charge in [0.2, 0.25) is 0 Å². The number of phenolic OH excluding ortho intramolecular Hbond substituents is 1. The number of hydrogen-bond donors (Lipinski definition) is 2. The molecule has 1 saturated heterocycles. The van der Waals surface area contributed by atoms with Crippen LogP contribution in [-0.4, -0.2) is 34.3 Å². The van der Waals surface area contributed by atoms with E-state index in [1.807, 2.05) is 0 Å². The van der Waals surface area contributed by atoms with Crippen LogP contribution in [0.2, 0.25) is 0 Å². The van der Waals surface area contributed by atoms with E-state index in [1.54, 1.807) is 12.1 Å². The summed E-state index contributed by atoms with van der Waals surface area (Å²) in [4.78, 5) is 13.6. The number of benzene rings is 1. The first-order valence-corrected chi connectivity index (χ1v) is 6.28. The summed E-state index contributed by atoms with van der Waals surface area (Å²) in [5.41, 5.74) is 0.829. The molecule has 2 heterocycles. The van der Waals surface area contributed by atoms with E-state index in [0.29, 0.717) is 18.7 Å². The molecule has 1 atom stereocenters. The Morgan fingerprint density at radius 2 is 2.21 bits per heavy atom. The van der Waals surface area contributed by atoms with E-state index in [0.717, 1.165) is 23.9 Å². The van der Waals surface area contributed by atoms with Crippen LogP contribution in [0.25, 0.3) is 11.0 Å². The summed E-state index contributed by atoms with van der Waals surface area (Å²) in [6.07, 6.45) is 0.482. The fourth-order valence-corrected chi connectivity index (χ4v) is 2.55. The average Bonchev–Trinajstić information content (AvgIpc) is 2.74. The van der Waals surface area contributed by atoms with Gasteiger partial charge in [0, 0.05) is 37.2 Å². The summed E-state index contributed by atoms with van der Waals surface area (Å²) < 4.78 is 5.09. The van der Waals surface area contributed by atoms with Gasteiger partial charge in [-0.2, -0.15) is 0 Å². The number of aromatic hydroxyl groups is 1. The molecule has 0 unspecified atom stereocenters. The van der Waals surface area contributed by atoms with E-state index < -0.39 is 5.63 Å². The van der Waals surface area contributed by atoms with Crippen LogP contribution in [0.3, 0.4) is 0 Å². The smallest absolute Gasteiger partial charge is 0.336 e. The van der Waals surface area contributed by atoms with Crippen molar-refractivity contribution in [3.05, 3.63) is 40.2 Å². The van der Waals surface area contributed by atoms with Crippen molar-refractivity contribution in [2.75, 3.05) is 13.1 Å². The molecular formula is C14H15NO4. The molecule has 19 heavy (non-hydrogen) atoms. The summed E-state index contributed by atoms with van der Waals surface area (Å²) in [6, 6.07) is 6.24. The van der Waals surface area contributed by atoms with Crippen LogP contribution < -0.4 is 5.63 Å². The lowest BCUT2D eigenvalue weighted by atomic mass is 10.1. The van der Waals surface area contributed by atoms with Crippen LogP contribution in [0.1, 0.15) is 12.0 Å². The van der Waals surface area contributed by atoms with E-state index >= 15 is 0 Å². The monoisotopic (exact) mass is 261 g/mol. The number of fused-ring (bicyclic) bond motifs is 1. The van der Waals surface area contributed by atoms with Crippen molar-refractivity contribution < 1.29 is 14.6 Å². The molecule has 5 nitrogen and oxygen atoms in total. The maximum Gasteiger partial charge on any atom is 0.336 e. The third-order valence-corrected chi connectivity index (χ3v) is 3.46. The number of rotatable bonds is 2. The zero-order valence-electron chi connectivity index (χ0n) is 10.4. The number of aliphatic hydroxyl groups excluding tert-OH is 1. The van der Waals surface area contributed by atoms with Gasteiger partial charge in [-0.1, -0.05) is 0 Å². The highest BCUT2D eigenvalue weighted by molar-refractivity contribution is 5.81. The van der Waals surface area contributed by atoms with E-state index in [1.165, 1.54) is 12.1 Å². The Morgan fingerprint density at radius 3 is 2.95 bits per heavy atom. The van der Waals surface area contributed by atoms with Crippen LogP contribution >= 0.6 is 0 Å². The second kappa shape index (κ2) is 4.68. The predicted molar refractivity (Wildman–Crippen MR) is 70.0 cm³/mol. The van der Waals surface area contributed by atoms with E-state index in [-0.39, 0.29) is 11.9 Å². The molecule has 0 spiro atoms. The van der Waals surface area contributed by atoms with Gasteiger partial charge in [0.05, 0.1) is 6.10 Å². The Morgan fingerprint density at radius 1 is 1.37 bits per heavy atom. The average molecular weight is 261 g/mol. The maximum absolute atomic E-state index is 11.5. The molecule has 2 aromatic rings. The van der Waals surface area contributed by atoms with E-state index in [9.17, 15) is 15.0 Å². The molecule has 1 fully saturated rings. The zero-order chi connectivity index (χ0) is 13.4. The number of β-amino-alcohol motifs (C(OH)–C–C–N with tert-alkyl or cyclic N) is 1. The van der Waals surface area contributed by atoms with Crippen molar-refractivity contribution in [3.8, 4) is 5.75 Å². The fourth-order valence-electron chi connectivity index (χ4n) is 2.55. The first-order valence-electron chi connectivity index (χ1n) is 6.28. The second-order valence-corrected chi connectivity index (χ2v) is 4.95. The summed E-state index contributed by atoms with van der Waals surface area (Å²) >= 11 is 0. The Balaban J connectivity index is 2.00. The molecule has 5 heteroatoms. The van der Waals surface area contributed by atoms with Crippen molar-refractivity contribution in [1.29, 1.82) is 0 Å². The Kier molecular flexibility index (Phi) is 3.00. The van der Waals surface area contributed by atoms with Crippen LogP contribution in [-0.2, 0) is 6.54 Å². The first kappa shape index (κ1) is 12.2. The number of phenols is 1. The van der Waals surface area contributed by atoms with E-state index in [2.05, 4.69) is 4.90 Å². The topological polar surface area (TPSA) is 73.9 Å². The molecule has 1 aromatic carbocycles. The number of nitrogens with zero attached hydrogens (tertiary/aromatic N) is 1. The maximum atomic E-state index is 11.5. The quantitative estimate of drug-likeness (QED) is 0.791. The van der Waals surface area contributed by atoms with Crippen LogP contribution in [0, 0.1) is 0 Å². The SMILES string of the molecule is O=c1cc(CN2CC[C@@H](O)C2)c2ccc(O)cc2o1. The van der Waals surface area contributed by atoms with Gasteiger partial charge in [0.15, 0.2) is 0 Å². The molecule has 0 saturated carbocycles. The van der Waals surface area contributed by atoms with Crippen molar-refractivity contribution >= 4 is 11.0 Å². The molecule has 0 bridgehead atoms. The van der Waals surface area contributed by atoms with Gasteiger partial charge >= 0.3 is 5.63 Å². The van der Waals surface area contributed by atoms with Gasteiger partial charge in [-0.3, -0.25) is 4.90 Å². The van der Waals surface area contributed by atoms with Crippen LogP contribution in [0.4, 0.5) is 0 Å². The second-order valence-electron chi connectivity index (χ2n) is 4.95. The summed E-state index contributed by atoms with van der Waals surface area (Å²) in [6.45, 7) is 2.05. The minimum Gasteiger partial charge on any atom is -0.508 e. The third kappa shape index (κ3) is 2.47. The van der Waals surface area contributed by atoms with Crippen molar-refractivity contribution in [2.24, 2.45) is 0 Å². The van der Waals surface area contributed by atoms with Gasteiger partial charge in [0.1, 0.15) is 11.3 Å². The molecular weight excluding hydrogens is 246 g/mol. The van der Waals surface area contributed by atoms with Crippen molar-refractivity contribution in [1.82, 2.24) is 4.90 Å². The van der Waals surface area contributed by atoms with Crippen LogP contribution in [0.15, 0.2) is 33.5 Å². The molecule has 3 rings (SSSR count). The Hall–Kier alpha value is -1.85. The standard InChI is InChI=1S/C14H15NO4/c16-10-1-2-12-9(5-14(18)19-13(12)6-10)7-15-4-3-11(17)8-15/h1-2,5-6,11,16-17H,3-4,7-8H2/t11-/m1/s1. The van der Waals surface area contributed by atoms with Crippen molar-refractivity contribution in [2.45, 2.75) is 19.1 Å². The summed E-state index contributed by atoms with van der Waals surface area (Å²) in [7, 11) is 0. The highest BCUT2D eigenvalue weighted by Gasteiger charge is 2.21. The van der Waals surface area contributed by atoms with Gasteiger partial charge in [0.25, 0.3) is 0 Å². The highest BCUT2D eigenvalue weighted by Crippen LogP contribution is 2.23. The fraction of sp³-hybridized carbons (Fsp3) is 0.357. The molecule has 1 aliphatic heterocycles. The lowest BCUT2D eigenvalue weighted by Crippen LogP contribution is -2.22. The molecule has 0 amide bonds. The van der Waals surface area contributed by atoms with Crippen molar-refractivity contribution in [3.63, 3.8) is 0 Å². The molecule has 0 aliphatic carbocycles. The normalized spacial score (nSPS) is 20.2. The van der Waals surface area contributed by atoms with Crippen LogP contribution in [0.5, 0.6) is 5.75 Å². The minimum absolute atomic E-state index is 0.0735. The minimum atomic E-state index is -0.423.